The zero-order valence-electron chi connectivity index (χ0n) is 10.1. The molecule has 0 radical (unpaired) electrons. The van der Waals surface area contributed by atoms with Crippen molar-refractivity contribution >= 4 is 23.2 Å². The first-order valence-corrected chi connectivity index (χ1v) is 5.91. The van der Waals surface area contributed by atoms with E-state index in [0.29, 0.717) is 5.69 Å². The molecule has 0 aliphatic heterocycles. The molecule has 2 aromatic carbocycles. The van der Waals surface area contributed by atoms with Gasteiger partial charge in [0, 0.05) is 5.69 Å². The van der Waals surface area contributed by atoms with Crippen LogP contribution in [0.4, 0.5) is 10.1 Å². The van der Waals surface area contributed by atoms with Crippen LogP contribution in [0.2, 0.25) is 5.02 Å². The first-order chi connectivity index (χ1) is 8.97. The van der Waals surface area contributed by atoms with Crippen molar-refractivity contribution in [3.63, 3.8) is 0 Å². The van der Waals surface area contributed by atoms with E-state index in [-0.39, 0.29) is 16.3 Å². The Bertz CT molecular complexity index is 643. The fraction of sp³-hybridized carbons (Fsp3) is 0.0714. The van der Waals surface area contributed by atoms with Crippen LogP contribution >= 0.6 is 11.6 Å². The van der Waals surface area contributed by atoms with Crippen LogP contribution in [0.5, 0.6) is 5.75 Å². The smallest absolute Gasteiger partial charge is 0.258 e. The predicted octanol–water partition coefficient (Wildman–Crippen LogP) is 3.75. The fourth-order valence-corrected chi connectivity index (χ4v) is 1.78. The van der Waals surface area contributed by atoms with Gasteiger partial charge >= 0.3 is 0 Å². The summed E-state index contributed by atoms with van der Waals surface area (Å²) >= 11 is 5.72. The van der Waals surface area contributed by atoms with Gasteiger partial charge in [-0.2, -0.15) is 0 Å². The van der Waals surface area contributed by atoms with E-state index in [1.165, 1.54) is 30.3 Å². The van der Waals surface area contributed by atoms with Crippen molar-refractivity contribution in [1.29, 1.82) is 0 Å². The monoisotopic (exact) mass is 279 g/mol. The topological polar surface area (TPSA) is 49.3 Å². The minimum Gasteiger partial charge on any atom is -0.506 e. The van der Waals surface area contributed by atoms with Crippen LogP contribution in [0.1, 0.15) is 15.9 Å². The number of benzene rings is 2. The predicted molar refractivity (Wildman–Crippen MR) is 72.2 cm³/mol. The van der Waals surface area contributed by atoms with Crippen LogP contribution in [0, 0.1) is 12.7 Å². The van der Waals surface area contributed by atoms with E-state index < -0.39 is 11.7 Å². The highest BCUT2D eigenvalue weighted by molar-refractivity contribution is 6.32. The molecule has 0 bridgehead atoms. The maximum absolute atomic E-state index is 13.5. The summed E-state index contributed by atoms with van der Waals surface area (Å²) in [5.74, 6) is -1.24. The standard InChI is InChI=1S/C14H11ClFNO2/c1-8-2-4-12(16)10(6-8)14(19)17-9-3-5-13(18)11(15)7-9/h2-7,18H,1H3,(H,17,19). The summed E-state index contributed by atoms with van der Waals surface area (Å²) in [4.78, 5) is 11.9. The average molecular weight is 280 g/mol. The summed E-state index contributed by atoms with van der Waals surface area (Å²) in [6, 6.07) is 8.52. The molecule has 2 aromatic rings. The van der Waals surface area contributed by atoms with Crippen LogP contribution in [0.15, 0.2) is 36.4 Å². The van der Waals surface area contributed by atoms with Crippen LogP contribution in [-0.2, 0) is 0 Å². The number of phenolic OH excluding ortho intramolecular Hbond substituents is 1. The van der Waals surface area contributed by atoms with E-state index in [1.54, 1.807) is 13.0 Å². The SMILES string of the molecule is Cc1ccc(F)c(C(=O)Nc2ccc(O)c(Cl)c2)c1. The molecule has 2 N–H and O–H groups in total. The number of hydrogen-bond acceptors (Lipinski definition) is 2. The highest BCUT2D eigenvalue weighted by Gasteiger charge is 2.12. The van der Waals surface area contributed by atoms with E-state index in [2.05, 4.69) is 5.32 Å². The molecule has 0 saturated carbocycles. The van der Waals surface area contributed by atoms with Crippen LogP contribution < -0.4 is 5.32 Å². The van der Waals surface area contributed by atoms with Gasteiger partial charge in [-0.25, -0.2) is 4.39 Å². The molecule has 0 heterocycles. The number of phenols is 1. The van der Waals surface area contributed by atoms with Gasteiger partial charge in [0.15, 0.2) is 0 Å². The van der Waals surface area contributed by atoms with Crippen molar-refractivity contribution in [3.8, 4) is 5.75 Å². The van der Waals surface area contributed by atoms with Crippen molar-refractivity contribution < 1.29 is 14.3 Å². The highest BCUT2D eigenvalue weighted by atomic mass is 35.5. The van der Waals surface area contributed by atoms with Gasteiger partial charge in [-0.05, 0) is 37.3 Å². The molecule has 0 aliphatic rings. The van der Waals surface area contributed by atoms with E-state index in [0.717, 1.165) is 5.56 Å². The molecule has 1 amide bonds. The van der Waals surface area contributed by atoms with Gasteiger partial charge in [-0.15, -0.1) is 0 Å². The number of carbonyl (C=O) groups is 1. The van der Waals surface area contributed by atoms with Crippen molar-refractivity contribution in [2.45, 2.75) is 6.92 Å². The second-order valence-corrected chi connectivity index (χ2v) is 4.51. The number of carbonyl (C=O) groups excluding carboxylic acids is 1. The molecule has 2 rings (SSSR count). The number of aromatic hydroxyl groups is 1. The molecule has 0 unspecified atom stereocenters. The third-order valence-corrected chi connectivity index (χ3v) is 2.87. The lowest BCUT2D eigenvalue weighted by Gasteiger charge is -2.08. The van der Waals surface area contributed by atoms with Gasteiger partial charge in [0.1, 0.15) is 11.6 Å². The summed E-state index contributed by atoms with van der Waals surface area (Å²) in [6.45, 7) is 1.77. The van der Waals surface area contributed by atoms with E-state index in [4.69, 9.17) is 11.6 Å². The minimum absolute atomic E-state index is 0.0378. The second kappa shape index (κ2) is 5.28. The first kappa shape index (κ1) is 13.4. The number of nitrogens with one attached hydrogen (secondary N) is 1. The first-order valence-electron chi connectivity index (χ1n) is 5.53. The normalized spacial score (nSPS) is 10.3. The third kappa shape index (κ3) is 3.03. The molecule has 0 spiro atoms. The van der Waals surface area contributed by atoms with Crippen LogP contribution in [-0.4, -0.2) is 11.0 Å². The van der Waals surface area contributed by atoms with Gasteiger partial charge in [-0.3, -0.25) is 4.79 Å². The summed E-state index contributed by atoms with van der Waals surface area (Å²) < 4.78 is 13.5. The number of anilines is 1. The molecule has 19 heavy (non-hydrogen) atoms. The molecule has 0 aromatic heterocycles. The summed E-state index contributed by atoms with van der Waals surface area (Å²) in [7, 11) is 0. The number of rotatable bonds is 2. The van der Waals surface area contributed by atoms with Gasteiger partial charge < -0.3 is 10.4 Å². The average Bonchev–Trinajstić information content (AvgIpc) is 2.36. The van der Waals surface area contributed by atoms with E-state index >= 15 is 0 Å². The van der Waals surface area contributed by atoms with Gasteiger partial charge in [0.25, 0.3) is 5.91 Å². The molecular formula is C14H11ClFNO2. The lowest BCUT2D eigenvalue weighted by molar-refractivity contribution is 0.102. The minimum atomic E-state index is -0.590. The second-order valence-electron chi connectivity index (χ2n) is 4.10. The number of amides is 1. The Morgan fingerprint density at radius 2 is 2.00 bits per heavy atom. The molecule has 5 heteroatoms. The number of hydrogen-bond donors (Lipinski definition) is 2. The Kier molecular flexibility index (Phi) is 3.71. The molecule has 3 nitrogen and oxygen atoms in total. The zero-order chi connectivity index (χ0) is 14.0. The summed E-state index contributed by atoms with van der Waals surface area (Å²) in [5.41, 5.74) is 1.13. The van der Waals surface area contributed by atoms with Gasteiger partial charge in [-0.1, -0.05) is 23.2 Å². The molecule has 98 valence electrons. The Labute approximate surface area is 114 Å². The molecule has 0 atom stereocenters. The highest BCUT2D eigenvalue weighted by Crippen LogP contribution is 2.26. The van der Waals surface area contributed by atoms with Crippen molar-refractivity contribution in [2.75, 3.05) is 5.32 Å². The Morgan fingerprint density at radius 1 is 1.26 bits per heavy atom. The van der Waals surface area contributed by atoms with Gasteiger partial charge in [0.05, 0.1) is 10.6 Å². The quantitative estimate of drug-likeness (QED) is 0.823. The number of halogens is 2. The van der Waals surface area contributed by atoms with E-state index in [1.807, 2.05) is 0 Å². The molecular weight excluding hydrogens is 269 g/mol. The Balaban J connectivity index is 2.25. The lowest BCUT2D eigenvalue weighted by atomic mass is 10.1. The molecule has 0 fully saturated rings. The summed E-state index contributed by atoms with van der Waals surface area (Å²) in [5, 5.41) is 11.9. The zero-order valence-corrected chi connectivity index (χ0v) is 10.8. The lowest BCUT2D eigenvalue weighted by Crippen LogP contribution is -2.13. The Hall–Kier alpha value is -2.07. The largest absolute Gasteiger partial charge is 0.506 e. The molecule has 0 aliphatic carbocycles. The van der Waals surface area contributed by atoms with Crippen molar-refractivity contribution in [1.82, 2.24) is 0 Å². The Morgan fingerprint density at radius 3 is 2.68 bits per heavy atom. The van der Waals surface area contributed by atoms with Crippen LogP contribution in [0.3, 0.4) is 0 Å². The van der Waals surface area contributed by atoms with Crippen LogP contribution in [0.25, 0.3) is 0 Å². The van der Waals surface area contributed by atoms with Crippen molar-refractivity contribution in [2.24, 2.45) is 0 Å². The fourth-order valence-electron chi connectivity index (χ4n) is 1.60. The van der Waals surface area contributed by atoms with E-state index in [9.17, 15) is 14.3 Å². The maximum Gasteiger partial charge on any atom is 0.258 e. The summed E-state index contributed by atoms with van der Waals surface area (Å²) in [6.07, 6.45) is 0. The maximum atomic E-state index is 13.5. The molecule has 0 saturated heterocycles. The van der Waals surface area contributed by atoms with Crippen molar-refractivity contribution in [3.05, 3.63) is 58.4 Å². The van der Waals surface area contributed by atoms with Gasteiger partial charge in [0.2, 0.25) is 0 Å². The third-order valence-electron chi connectivity index (χ3n) is 2.57. The number of aryl methyl sites for hydroxylation is 1.